The summed E-state index contributed by atoms with van der Waals surface area (Å²) in [6, 6.07) is -0.540. The van der Waals surface area contributed by atoms with E-state index in [2.05, 4.69) is 31.3 Å². The van der Waals surface area contributed by atoms with Gasteiger partial charge in [-0.25, -0.2) is 0 Å². The molecule has 0 rings (SSSR count). The van der Waals surface area contributed by atoms with Crippen LogP contribution in [0.1, 0.15) is 418 Å². The molecule has 0 aliphatic heterocycles. The summed E-state index contributed by atoms with van der Waals surface area (Å²) >= 11 is 0. The maximum absolute atomic E-state index is 12.6. The summed E-state index contributed by atoms with van der Waals surface area (Å²) in [5.41, 5.74) is 0. The van der Waals surface area contributed by atoms with E-state index in [0.29, 0.717) is 25.9 Å². The fourth-order valence-electron chi connectivity index (χ4n) is 11.8. The van der Waals surface area contributed by atoms with Gasteiger partial charge in [-0.2, -0.15) is 0 Å². The second-order valence-electron chi connectivity index (χ2n) is 25.3. The van der Waals surface area contributed by atoms with E-state index in [4.69, 9.17) is 4.74 Å². The zero-order valence-corrected chi connectivity index (χ0v) is 53.9. The number of allylic oxidation sites excluding steroid dienone is 2. The van der Waals surface area contributed by atoms with Crippen molar-refractivity contribution in [3.05, 3.63) is 12.2 Å². The molecule has 2 unspecified atom stereocenters. The molecule has 6 nitrogen and oxygen atoms in total. The molecule has 0 bridgehead atoms. The molecule has 0 saturated heterocycles. The van der Waals surface area contributed by atoms with Crippen molar-refractivity contribution in [2.75, 3.05) is 13.2 Å². The SMILES string of the molecule is CCCCCCC/C=C\CCCCCCCC(=O)OCCCCCCCCCCCCCCCCCCCCCCCCCCCCCC(=O)NC(CO)C(O)CCCCCCCCCCCCCCCCCCCCCCC. The molecule has 2 atom stereocenters. The molecule has 0 aromatic carbocycles. The van der Waals surface area contributed by atoms with Crippen molar-refractivity contribution in [1.29, 1.82) is 0 Å². The van der Waals surface area contributed by atoms with Crippen LogP contribution in [-0.4, -0.2) is 47.4 Å². The van der Waals surface area contributed by atoms with E-state index in [1.807, 2.05) is 0 Å². The Balaban J connectivity index is 3.35. The minimum Gasteiger partial charge on any atom is -0.466 e. The minimum atomic E-state index is -0.663. The molecule has 0 aromatic heterocycles. The number of carbonyl (C=O) groups excluding carboxylic acids is 2. The highest BCUT2D eigenvalue weighted by Crippen LogP contribution is 2.20. The molecule has 1 amide bonds. The summed E-state index contributed by atoms with van der Waals surface area (Å²) in [5, 5.41) is 23.4. The molecule has 0 saturated carbocycles. The van der Waals surface area contributed by atoms with Crippen molar-refractivity contribution in [3.63, 3.8) is 0 Å². The number of esters is 1. The highest BCUT2D eigenvalue weighted by molar-refractivity contribution is 5.76. The van der Waals surface area contributed by atoms with Gasteiger partial charge in [0.25, 0.3) is 0 Å². The van der Waals surface area contributed by atoms with Gasteiger partial charge in [0.15, 0.2) is 0 Å². The summed E-state index contributed by atoms with van der Waals surface area (Å²) in [5.74, 6) is -0.0165. The predicted octanol–water partition coefficient (Wildman–Crippen LogP) is 23.5. The average Bonchev–Trinajstić information content (AvgIpc) is 3.45. The number of aliphatic hydroxyl groups is 2. The van der Waals surface area contributed by atoms with E-state index < -0.39 is 12.1 Å². The van der Waals surface area contributed by atoms with Gasteiger partial charge in [0.05, 0.1) is 25.4 Å². The Morgan fingerprint density at radius 1 is 0.342 bits per heavy atom. The molecule has 6 heteroatoms. The lowest BCUT2D eigenvalue weighted by atomic mass is 10.0. The van der Waals surface area contributed by atoms with Crippen LogP contribution in [0.3, 0.4) is 0 Å². The molecular weight excluding hydrogens is 971 g/mol. The number of nitrogens with one attached hydrogen (secondary N) is 1. The second kappa shape index (κ2) is 69.1. The van der Waals surface area contributed by atoms with Crippen molar-refractivity contribution in [2.24, 2.45) is 0 Å². The molecule has 0 fully saturated rings. The monoisotopic (exact) mass is 1110 g/mol. The third-order valence-corrected chi connectivity index (χ3v) is 17.3. The van der Waals surface area contributed by atoms with Gasteiger partial charge in [-0.1, -0.05) is 366 Å². The maximum atomic E-state index is 12.6. The van der Waals surface area contributed by atoms with Gasteiger partial charge in [0.1, 0.15) is 0 Å². The van der Waals surface area contributed by atoms with E-state index in [9.17, 15) is 19.8 Å². The standard InChI is InChI=1S/C73H143NO5/c1-3-5-7-9-11-13-15-17-19-20-21-29-32-35-38-41-45-49-53-57-61-65-71(76)70(69-75)74-72(77)66-62-58-54-50-46-42-39-36-33-30-27-25-23-22-24-26-28-31-34-37-40-44-48-52-56-60-64-68-79-73(78)67-63-59-55-51-47-43-18-16-14-12-10-8-6-4-2/h16,18,70-71,75-76H,3-15,17,19-69H2,1-2H3,(H,74,77)/b18-16-. The van der Waals surface area contributed by atoms with E-state index in [1.54, 1.807) is 0 Å². The number of hydrogen-bond donors (Lipinski definition) is 3. The van der Waals surface area contributed by atoms with Gasteiger partial charge < -0.3 is 20.3 Å². The zero-order valence-electron chi connectivity index (χ0n) is 53.9. The first-order valence-electron chi connectivity index (χ1n) is 36.4. The van der Waals surface area contributed by atoms with Crippen LogP contribution in [0.25, 0.3) is 0 Å². The van der Waals surface area contributed by atoms with Crippen LogP contribution in [0.5, 0.6) is 0 Å². The number of rotatable bonds is 69. The van der Waals surface area contributed by atoms with Crippen LogP contribution in [-0.2, 0) is 14.3 Å². The summed E-state index contributed by atoms with van der Waals surface area (Å²) in [7, 11) is 0. The van der Waals surface area contributed by atoms with E-state index in [0.717, 1.165) is 44.9 Å². The fourth-order valence-corrected chi connectivity index (χ4v) is 11.8. The van der Waals surface area contributed by atoms with Crippen molar-refractivity contribution in [2.45, 2.75) is 431 Å². The van der Waals surface area contributed by atoms with Gasteiger partial charge in [0.2, 0.25) is 5.91 Å². The summed E-state index contributed by atoms with van der Waals surface area (Å²) in [4.78, 5) is 24.6. The first-order chi connectivity index (χ1) is 39.0. The lowest BCUT2D eigenvalue weighted by Gasteiger charge is -2.22. The molecule has 0 aromatic rings. The van der Waals surface area contributed by atoms with Gasteiger partial charge in [-0.3, -0.25) is 9.59 Å². The molecular formula is C73H143NO5. The summed E-state index contributed by atoms with van der Waals surface area (Å²) in [6.07, 6.45) is 85.5. The summed E-state index contributed by atoms with van der Waals surface area (Å²) < 4.78 is 5.49. The molecule has 0 heterocycles. The third kappa shape index (κ3) is 65.6. The van der Waals surface area contributed by atoms with Gasteiger partial charge in [-0.05, 0) is 51.4 Å². The van der Waals surface area contributed by atoms with Crippen molar-refractivity contribution >= 4 is 11.9 Å². The summed E-state index contributed by atoms with van der Waals surface area (Å²) in [6.45, 7) is 4.99. The Morgan fingerprint density at radius 2 is 0.595 bits per heavy atom. The Morgan fingerprint density at radius 3 is 0.899 bits per heavy atom. The zero-order chi connectivity index (χ0) is 57.1. The van der Waals surface area contributed by atoms with Crippen LogP contribution in [0.2, 0.25) is 0 Å². The Labute approximate surface area is 495 Å². The van der Waals surface area contributed by atoms with E-state index in [1.165, 1.54) is 340 Å². The highest BCUT2D eigenvalue weighted by Gasteiger charge is 2.20. The van der Waals surface area contributed by atoms with Gasteiger partial charge >= 0.3 is 5.97 Å². The van der Waals surface area contributed by atoms with Gasteiger partial charge in [-0.15, -0.1) is 0 Å². The molecule has 470 valence electrons. The number of ether oxygens (including phenoxy) is 1. The number of aliphatic hydroxyl groups excluding tert-OH is 2. The number of unbranched alkanes of at least 4 members (excludes halogenated alkanes) is 56. The smallest absolute Gasteiger partial charge is 0.305 e. The van der Waals surface area contributed by atoms with Crippen molar-refractivity contribution in [3.8, 4) is 0 Å². The Kier molecular flexibility index (Phi) is 67.9. The first kappa shape index (κ1) is 77.6. The lowest BCUT2D eigenvalue weighted by molar-refractivity contribution is -0.143. The fraction of sp³-hybridized carbons (Fsp3) is 0.945. The molecule has 0 radical (unpaired) electrons. The quantitative estimate of drug-likeness (QED) is 0.0320. The van der Waals surface area contributed by atoms with Crippen molar-refractivity contribution in [1.82, 2.24) is 5.32 Å². The highest BCUT2D eigenvalue weighted by atomic mass is 16.5. The Hall–Kier alpha value is -1.40. The van der Waals surface area contributed by atoms with Crippen LogP contribution >= 0.6 is 0 Å². The maximum Gasteiger partial charge on any atom is 0.305 e. The normalized spacial score (nSPS) is 12.5. The average molecular weight is 1110 g/mol. The molecule has 0 aliphatic rings. The topological polar surface area (TPSA) is 95.9 Å². The molecule has 0 aliphatic carbocycles. The first-order valence-corrected chi connectivity index (χ1v) is 36.4. The van der Waals surface area contributed by atoms with Crippen LogP contribution in [0.15, 0.2) is 12.2 Å². The van der Waals surface area contributed by atoms with Gasteiger partial charge in [0, 0.05) is 12.8 Å². The van der Waals surface area contributed by atoms with Crippen molar-refractivity contribution < 1.29 is 24.5 Å². The largest absolute Gasteiger partial charge is 0.466 e. The van der Waals surface area contributed by atoms with Crippen LogP contribution in [0, 0.1) is 0 Å². The van der Waals surface area contributed by atoms with Crippen LogP contribution < -0.4 is 5.32 Å². The van der Waals surface area contributed by atoms with Crippen LogP contribution in [0.4, 0.5) is 0 Å². The third-order valence-electron chi connectivity index (χ3n) is 17.3. The predicted molar refractivity (Wildman–Crippen MR) is 347 cm³/mol. The molecule has 3 N–H and O–H groups in total. The lowest BCUT2D eigenvalue weighted by Crippen LogP contribution is -2.45. The Bertz CT molecular complexity index is 1190. The number of hydrogen-bond acceptors (Lipinski definition) is 5. The molecule has 79 heavy (non-hydrogen) atoms. The minimum absolute atomic E-state index is 0.0106. The number of amides is 1. The second-order valence-corrected chi connectivity index (χ2v) is 25.3. The van der Waals surface area contributed by atoms with E-state index in [-0.39, 0.29) is 18.5 Å². The number of carbonyl (C=O) groups is 2. The van der Waals surface area contributed by atoms with E-state index >= 15 is 0 Å². The molecule has 0 spiro atoms.